The lowest BCUT2D eigenvalue weighted by molar-refractivity contribution is 0.102. The highest BCUT2D eigenvalue weighted by atomic mass is 32.1. The molecule has 0 atom stereocenters. The third-order valence-corrected chi connectivity index (χ3v) is 5.38. The molecule has 4 aromatic rings. The Morgan fingerprint density at radius 1 is 1.03 bits per heavy atom. The fourth-order valence-electron chi connectivity index (χ4n) is 2.93. The van der Waals surface area contributed by atoms with E-state index in [2.05, 4.69) is 20.4 Å². The zero-order valence-electron chi connectivity index (χ0n) is 16.4. The van der Waals surface area contributed by atoms with Crippen molar-refractivity contribution in [3.8, 4) is 21.8 Å². The van der Waals surface area contributed by atoms with Crippen molar-refractivity contribution in [1.29, 1.82) is 0 Å². The molecule has 1 N–H and O–H groups in total. The van der Waals surface area contributed by atoms with Gasteiger partial charge >= 0.3 is 0 Å². The number of nitrogens with zero attached hydrogens (tertiary/aromatic N) is 4. The Bertz CT molecular complexity index is 1230. The number of anilines is 1. The van der Waals surface area contributed by atoms with Crippen LogP contribution in [0, 0.1) is 0 Å². The van der Waals surface area contributed by atoms with Crippen molar-refractivity contribution in [3.05, 3.63) is 82.9 Å². The van der Waals surface area contributed by atoms with Crippen LogP contribution in [0.3, 0.4) is 0 Å². The third-order valence-electron chi connectivity index (χ3n) is 4.38. The lowest BCUT2D eigenvalue weighted by atomic mass is 10.1. The summed E-state index contributed by atoms with van der Waals surface area (Å²) in [4.78, 5) is 34.1. The van der Waals surface area contributed by atoms with Crippen LogP contribution in [0.25, 0.3) is 21.8 Å². The Kier molecular flexibility index (Phi) is 5.49. The van der Waals surface area contributed by atoms with Crippen LogP contribution in [0.4, 0.5) is 5.13 Å². The molecule has 0 radical (unpaired) electrons. The van der Waals surface area contributed by atoms with E-state index in [-0.39, 0.29) is 17.5 Å². The highest BCUT2D eigenvalue weighted by molar-refractivity contribution is 7.19. The molecular weight excluding hydrogens is 398 g/mol. The van der Waals surface area contributed by atoms with Gasteiger partial charge in [-0.05, 0) is 32.0 Å². The van der Waals surface area contributed by atoms with Crippen molar-refractivity contribution >= 4 is 22.4 Å². The number of pyridine rings is 1. The van der Waals surface area contributed by atoms with E-state index >= 15 is 0 Å². The van der Waals surface area contributed by atoms with Crippen LogP contribution in [0.1, 0.15) is 30.2 Å². The summed E-state index contributed by atoms with van der Waals surface area (Å²) in [6, 6.07) is 16.1. The SMILES string of the molecule is CC(C)n1nc(-c2sc(NC(=O)c3ccncc3)nc2-c2ccccc2)ccc1=O. The number of hydrogen-bond donors (Lipinski definition) is 1. The van der Waals surface area contributed by atoms with Gasteiger partial charge in [-0.2, -0.15) is 5.10 Å². The first kappa shape index (κ1) is 19.7. The van der Waals surface area contributed by atoms with Gasteiger partial charge in [-0.15, -0.1) is 0 Å². The quantitative estimate of drug-likeness (QED) is 0.524. The predicted octanol–water partition coefficient (Wildman–Crippen LogP) is 4.26. The summed E-state index contributed by atoms with van der Waals surface area (Å²) in [6.45, 7) is 3.81. The maximum atomic E-state index is 12.6. The van der Waals surface area contributed by atoms with E-state index in [0.717, 1.165) is 10.4 Å². The molecule has 1 aromatic carbocycles. The molecule has 0 saturated heterocycles. The number of rotatable bonds is 5. The van der Waals surface area contributed by atoms with Crippen molar-refractivity contribution in [2.45, 2.75) is 19.9 Å². The van der Waals surface area contributed by atoms with Crippen LogP contribution in [-0.4, -0.2) is 25.7 Å². The van der Waals surface area contributed by atoms with Crippen molar-refractivity contribution in [2.75, 3.05) is 5.32 Å². The molecule has 0 unspecified atom stereocenters. The molecule has 0 bridgehead atoms. The second-order valence-corrected chi connectivity index (χ2v) is 7.85. The zero-order valence-corrected chi connectivity index (χ0v) is 17.3. The van der Waals surface area contributed by atoms with E-state index in [0.29, 0.717) is 22.1 Å². The van der Waals surface area contributed by atoms with Crippen molar-refractivity contribution in [3.63, 3.8) is 0 Å². The lowest BCUT2D eigenvalue weighted by Crippen LogP contribution is -2.23. The van der Waals surface area contributed by atoms with Gasteiger partial charge in [0.15, 0.2) is 5.13 Å². The van der Waals surface area contributed by atoms with Crippen LogP contribution >= 0.6 is 11.3 Å². The Morgan fingerprint density at radius 3 is 2.47 bits per heavy atom. The molecule has 1 amide bonds. The van der Waals surface area contributed by atoms with Gasteiger partial charge in [0.1, 0.15) is 5.69 Å². The fraction of sp³-hybridized carbons (Fsp3) is 0.136. The van der Waals surface area contributed by atoms with E-state index in [1.54, 1.807) is 30.6 Å². The number of carbonyl (C=O) groups is 1. The molecule has 30 heavy (non-hydrogen) atoms. The number of carbonyl (C=O) groups excluding carboxylic acids is 1. The Balaban J connectivity index is 1.79. The van der Waals surface area contributed by atoms with Crippen molar-refractivity contribution in [1.82, 2.24) is 19.7 Å². The molecule has 7 nitrogen and oxygen atoms in total. The van der Waals surface area contributed by atoms with Gasteiger partial charge in [0.05, 0.1) is 16.6 Å². The molecule has 0 saturated carbocycles. The smallest absolute Gasteiger partial charge is 0.267 e. The van der Waals surface area contributed by atoms with Gasteiger partial charge in [0.25, 0.3) is 11.5 Å². The summed E-state index contributed by atoms with van der Waals surface area (Å²) in [5.41, 5.74) is 2.56. The predicted molar refractivity (Wildman–Crippen MR) is 118 cm³/mol. The van der Waals surface area contributed by atoms with Crippen molar-refractivity contribution in [2.24, 2.45) is 0 Å². The first-order valence-electron chi connectivity index (χ1n) is 9.41. The minimum absolute atomic E-state index is 0.0728. The molecule has 3 heterocycles. The van der Waals surface area contributed by atoms with Gasteiger partial charge in [-0.3, -0.25) is 19.9 Å². The van der Waals surface area contributed by atoms with Crippen LogP contribution in [-0.2, 0) is 0 Å². The van der Waals surface area contributed by atoms with Gasteiger partial charge in [0.2, 0.25) is 0 Å². The van der Waals surface area contributed by atoms with E-state index in [1.807, 2.05) is 44.2 Å². The zero-order chi connectivity index (χ0) is 21.1. The lowest BCUT2D eigenvalue weighted by Gasteiger charge is -2.09. The summed E-state index contributed by atoms with van der Waals surface area (Å²) in [7, 11) is 0. The molecule has 0 aliphatic carbocycles. The largest absolute Gasteiger partial charge is 0.298 e. The minimum Gasteiger partial charge on any atom is -0.298 e. The van der Waals surface area contributed by atoms with E-state index in [9.17, 15) is 9.59 Å². The number of nitrogens with one attached hydrogen (secondary N) is 1. The number of benzene rings is 1. The molecule has 0 aliphatic rings. The van der Waals surface area contributed by atoms with Gasteiger partial charge < -0.3 is 0 Å². The summed E-state index contributed by atoms with van der Waals surface area (Å²) < 4.78 is 1.44. The van der Waals surface area contributed by atoms with Crippen LogP contribution < -0.4 is 10.9 Å². The number of amides is 1. The Labute approximate surface area is 177 Å². The Hall–Kier alpha value is -3.65. The minimum atomic E-state index is -0.266. The normalized spacial score (nSPS) is 10.9. The van der Waals surface area contributed by atoms with Crippen LogP contribution in [0.15, 0.2) is 71.8 Å². The first-order valence-corrected chi connectivity index (χ1v) is 10.2. The third kappa shape index (κ3) is 4.04. The van der Waals surface area contributed by atoms with Crippen LogP contribution in [0.2, 0.25) is 0 Å². The van der Waals surface area contributed by atoms with Gasteiger partial charge in [0, 0.05) is 29.6 Å². The summed E-state index contributed by atoms with van der Waals surface area (Å²) in [5, 5.41) is 7.84. The van der Waals surface area contributed by atoms with Gasteiger partial charge in [-0.1, -0.05) is 41.7 Å². The number of aromatic nitrogens is 4. The number of thiazole rings is 1. The molecule has 150 valence electrons. The molecule has 0 spiro atoms. The van der Waals surface area contributed by atoms with E-state index in [4.69, 9.17) is 0 Å². The van der Waals surface area contributed by atoms with E-state index < -0.39 is 0 Å². The molecular formula is C22H19N5O2S. The summed E-state index contributed by atoms with van der Waals surface area (Å²) >= 11 is 1.32. The number of hydrogen-bond acceptors (Lipinski definition) is 6. The van der Waals surface area contributed by atoms with Crippen molar-refractivity contribution < 1.29 is 4.79 Å². The highest BCUT2D eigenvalue weighted by Crippen LogP contribution is 2.38. The summed E-state index contributed by atoms with van der Waals surface area (Å²) in [5.74, 6) is -0.266. The highest BCUT2D eigenvalue weighted by Gasteiger charge is 2.19. The average Bonchev–Trinajstić information content (AvgIpc) is 3.19. The molecule has 3 aromatic heterocycles. The molecule has 4 rings (SSSR count). The second kappa shape index (κ2) is 8.38. The van der Waals surface area contributed by atoms with Crippen LogP contribution in [0.5, 0.6) is 0 Å². The van der Waals surface area contributed by atoms with Gasteiger partial charge in [-0.25, -0.2) is 9.67 Å². The Morgan fingerprint density at radius 2 is 1.77 bits per heavy atom. The average molecular weight is 417 g/mol. The molecule has 0 aliphatic heterocycles. The fourth-order valence-corrected chi connectivity index (χ4v) is 3.88. The molecule has 0 fully saturated rings. The maximum absolute atomic E-state index is 12.6. The second-order valence-electron chi connectivity index (χ2n) is 6.85. The van der Waals surface area contributed by atoms with E-state index in [1.165, 1.54) is 22.1 Å². The maximum Gasteiger partial charge on any atom is 0.267 e. The summed E-state index contributed by atoms with van der Waals surface area (Å²) in [6.07, 6.45) is 3.13. The topological polar surface area (TPSA) is 89.8 Å². The first-order chi connectivity index (χ1) is 14.5. The standard InChI is InChI=1S/C22H19N5O2S/c1-14(2)27-18(28)9-8-17(26-27)20-19(15-6-4-3-5-7-15)24-22(30-20)25-21(29)16-10-12-23-13-11-16/h3-14H,1-2H3,(H,24,25,29). The monoisotopic (exact) mass is 417 g/mol. The molecule has 8 heteroatoms.